The minimum Gasteiger partial charge on any atom is -0.380 e. The molecule has 3 aromatic rings. The van der Waals surface area contributed by atoms with E-state index in [9.17, 15) is 17.8 Å². The number of pyridine rings is 1. The highest BCUT2D eigenvalue weighted by Gasteiger charge is 2.14. The average Bonchev–Trinajstić information content (AvgIpc) is 2.72. The Kier molecular flexibility index (Phi) is 7.22. The minimum absolute atomic E-state index is 0.131. The molecule has 0 amide bonds. The van der Waals surface area contributed by atoms with Crippen molar-refractivity contribution in [3.8, 4) is 11.3 Å². The third-order valence-electron chi connectivity index (χ3n) is 4.35. The monoisotopic (exact) mass is 436 g/mol. The molecule has 0 saturated heterocycles. The van der Waals surface area contributed by atoms with E-state index in [1.807, 2.05) is 6.92 Å². The van der Waals surface area contributed by atoms with Gasteiger partial charge in [-0.25, -0.2) is 18.7 Å². The van der Waals surface area contributed by atoms with Crippen LogP contribution in [0, 0.1) is 11.6 Å². The second kappa shape index (κ2) is 9.86. The summed E-state index contributed by atoms with van der Waals surface area (Å²) in [4.78, 5) is 21.8. The Morgan fingerprint density at radius 2 is 1.97 bits per heavy atom. The molecule has 0 fully saturated rings. The van der Waals surface area contributed by atoms with Gasteiger partial charge >= 0.3 is 0 Å². The predicted octanol–water partition coefficient (Wildman–Crippen LogP) is 2.56. The Labute approximate surface area is 174 Å². The lowest BCUT2D eigenvalue weighted by Crippen LogP contribution is -2.28. The maximum Gasteiger partial charge on any atom is 0.295 e. The molecule has 30 heavy (non-hydrogen) atoms. The van der Waals surface area contributed by atoms with Gasteiger partial charge in [-0.2, -0.15) is 0 Å². The molecule has 1 N–H and O–H groups in total. The lowest BCUT2D eigenvalue weighted by Gasteiger charge is -2.13. The standard InChI is InChI=1S/C20H22F2N4O3S/c1-3-29-10-9-26-19-17(24-18(20(26)27)23-8-11-30(2)28)7-6-16(25-19)13-4-5-14(21)15(22)12-13/h4-7,12H,3,8-11H2,1-2H3,(H,23,24). The molecule has 2 aromatic heterocycles. The van der Waals surface area contributed by atoms with Gasteiger partial charge < -0.3 is 10.1 Å². The Morgan fingerprint density at radius 1 is 1.17 bits per heavy atom. The fourth-order valence-corrected chi connectivity index (χ4v) is 3.26. The third kappa shape index (κ3) is 5.06. The van der Waals surface area contributed by atoms with Gasteiger partial charge in [0.15, 0.2) is 23.1 Å². The van der Waals surface area contributed by atoms with Crippen molar-refractivity contribution in [2.75, 3.05) is 37.1 Å². The molecule has 7 nitrogen and oxygen atoms in total. The van der Waals surface area contributed by atoms with E-state index in [0.717, 1.165) is 12.1 Å². The van der Waals surface area contributed by atoms with E-state index in [-0.39, 0.29) is 17.9 Å². The molecule has 10 heteroatoms. The first-order chi connectivity index (χ1) is 14.4. The Bertz CT molecular complexity index is 1140. The molecular weight excluding hydrogens is 414 g/mol. The number of nitrogens with one attached hydrogen (secondary N) is 1. The van der Waals surface area contributed by atoms with Crippen molar-refractivity contribution < 1.29 is 17.7 Å². The van der Waals surface area contributed by atoms with Crippen LogP contribution in [-0.2, 0) is 22.1 Å². The minimum atomic E-state index is -1.00. The first-order valence-electron chi connectivity index (χ1n) is 9.39. The molecule has 1 aromatic carbocycles. The van der Waals surface area contributed by atoms with Crippen LogP contribution in [0.5, 0.6) is 0 Å². The van der Waals surface area contributed by atoms with Crippen molar-refractivity contribution in [1.29, 1.82) is 0 Å². The predicted molar refractivity (Wildman–Crippen MR) is 113 cm³/mol. The lowest BCUT2D eigenvalue weighted by molar-refractivity contribution is 0.139. The van der Waals surface area contributed by atoms with E-state index in [1.54, 1.807) is 18.4 Å². The van der Waals surface area contributed by atoms with E-state index in [1.165, 1.54) is 10.6 Å². The van der Waals surface area contributed by atoms with Crippen LogP contribution < -0.4 is 10.9 Å². The van der Waals surface area contributed by atoms with Crippen LogP contribution in [0.15, 0.2) is 35.1 Å². The van der Waals surface area contributed by atoms with Gasteiger partial charge in [0.1, 0.15) is 5.52 Å². The molecule has 1 atom stereocenters. The summed E-state index contributed by atoms with van der Waals surface area (Å²) in [5.74, 6) is -1.41. The number of benzene rings is 1. The highest BCUT2D eigenvalue weighted by Crippen LogP contribution is 2.22. The van der Waals surface area contributed by atoms with Crippen LogP contribution in [-0.4, -0.2) is 50.5 Å². The first kappa shape index (κ1) is 22.0. The zero-order valence-electron chi connectivity index (χ0n) is 16.7. The average molecular weight is 436 g/mol. The molecule has 160 valence electrons. The summed E-state index contributed by atoms with van der Waals surface area (Å²) >= 11 is 0. The molecular formula is C20H22F2N4O3S. The number of rotatable bonds is 9. The van der Waals surface area contributed by atoms with Gasteiger partial charge in [0, 0.05) is 41.5 Å². The van der Waals surface area contributed by atoms with Crippen LogP contribution in [0.25, 0.3) is 22.4 Å². The SMILES string of the molecule is CCOCCn1c(=O)c(NCCS(C)=O)nc2ccc(-c3ccc(F)c(F)c3)nc21. The number of aromatic nitrogens is 3. The molecule has 0 spiro atoms. The molecule has 0 radical (unpaired) electrons. The van der Waals surface area contributed by atoms with Gasteiger partial charge in [0.2, 0.25) is 0 Å². The summed E-state index contributed by atoms with van der Waals surface area (Å²) in [6.45, 7) is 3.23. The summed E-state index contributed by atoms with van der Waals surface area (Å²) in [6, 6.07) is 6.80. The second-order valence-corrected chi connectivity index (χ2v) is 8.04. The van der Waals surface area contributed by atoms with Crippen molar-refractivity contribution in [1.82, 2.24) is 14.5 Å². The molecule has 2 heterocycles. The Morgan fingerprint density at radius 3 is 2.67 bits per heavy atom. The Hall–Kier alpha value is -2.72. The Balaban J connectivity index is 2.07. The molecule has 0 saturated carbocycles. The zero-order valence-corrected chi connectivity index (χ0v) is 17.5. The van der Waals surface area contributed by atoms with E-state index in [2.05, 4.69) is 15.3 Å². The second-order valence-electron chi connectivity index (χ2n) is 6.49. The van der Waals surface area contributed by atoms with E-state index in [0.29, 0.717) is 47.9 Å². The number of fused-ring (bicyclic) bond motifs is 1. The molecule has 0 aliphatic heterocycles. The van der Waals surface area contributed by atoms with Crippen molar-refractivity contribution in [3.05, 3.63) is 52.3 Å². The first-order valence-corrected chi connectivity index (χ1v) is 11.1. The number of anilines is 1. The van der Waals surface area contributed by atoms with Crippen molar-refractivity contribution >= 4 is 27.8 Å². The van der Waals surface area contributed by atoms with Crippen LogP contribution in [0.4, 0.5) is 14.6 Å². The highest BCUT2D eigenvalue weighted by atomic mass is 32.2. The molecule has 3 rings (SSSR count). The maximum absolute atomic E-state index is 13.6. The molecule has 1 unspecified atom stereocenters. The normalized spacial score (nSPS) is 12.3. The van der Waals surface area contributed by atoms with Gasteiger partial charge in [-0.3, -0.25) is 13.6 Å². The van der Waals surface area contributed by atoms with E-state index in [4.69, 9.17) is 4.74 Å². The fraction of sp³-hybridized carbons (Fsp3) is 0.350. The van der Waals surface area contributed by atoms with Crippen molar-refractivity contribution in [3.63, 3.8) is 0 Å². The quantitative estimate of drug-likeness (QED) is 0.519. The van der Waals surface area contributed by atoms with Gasteiger partial charge in [-0.05, 0) is 37.3 Å². The van der Waals surface area contributed by atoms with E-state index < -0.39 is 22.4 Å². The van der Waals surface area contributed by atoms with Gasteiger partial charge in [-0.15, -0.1) is 0 Å². The number of hydrogen-bond acceptors (Lipinski definition) is 6. The third-order valence-corrected chi connectivity index (χ3v) is 5.13. The lowest BCUT2D eigenvalue weighted by atomic mass is 10.1. The van der Waals surface area contributed by atoms with Crippen molar-refractivity contribution in [2.45, 2.75) is 13.5 Å². The number of hydrogen-bond donors (Lipinski definition) is 1. The molecule has 0 aliphatic rings. The summed E-state index contributed by atoms with van der Waals surface area (Å²) in [5, 5.41) is 2.93. The number of nitrogens with zero attached hydrogens (tertiary/aromatic N) is 3. The van der Waals surface area contributed by atoms with Crippen molar-refractivity contribution in [2.24, 2.45) is 0 Å². The molecule has 0 bridgehead atoms. The number of ether oxygens (including phenoxy) is 1. The van der Waals surface area contributed by atoms with Gasteiger partial charge in [-0.1, -0.05) is 0 Å². The summed E-state index contributed by atoms with van der Waals surface area (Å²) in [5.41, 5.74) is 1.14. The summed E-state index contributed by atoms with van der Waals surface area (Å²) < 4.78 is 45.0. The maximum atomic E-state index is 13.6. The van der Waals surface area contributed by atoms with Gasteiger partial charge in [0.05, 0.1) is 18.8 Å². The fourth-order valence-electron chi connectivity index (χ4n) is 2.87. The smallest absolute Gasteiger partial charge is 0.295 e. The van der Waals surface area contributed by atoms with Crippen LogP contribution in [0.1, 0.15) is 6.92 Å². The van der Waals surface area contributed by atoms with E-state index >= 15 is 0 Å². The summed E-state index contributed by atoms with van der Waals surface area (Å²) in [6.07, 6.45) is 1.58. The van der Waals surface area contributed by atoms with Crippen LogP contribution >= 0.6 is 0 Å². The topological polar surface area (TPSA) is 86.1 Å². The number of halogens is 2. The van der Waals surface area contributed by atoms with Crippen LogP contribution in [0.2, 0.25) is 0 Å². The molecule has 0 aliphatic carbocycles. The summed E-state index contributed by atoms with van der Waals surface area (Å²) in [7, 11) is -1.00. The largest absolute Gasteiger partial charge is 0.380 e. The van der Waals surface area contributed by atoms with Gasteiger partial charge in [0.25, 0.3) is 5.56 Å². The highest BCUT2D eigenvalue weighted by molar-refractivity contribution is 7.84. The van der Waals surface area contributed by atoms with Crippen LogP contribution in [0.3, 0.4) is 0 Å². The zero-order chi connectivity index (χ0) is 21.7.